The summed E-state index contributed by atoms with van der Waals surface area (Å²) in [5, 5.41) is 7.25. The number of likely N-dealkylation sites (tertiary alicyclic amines) is 1. The van der Waals surface area contributed by atoms with Crippen LogP contribution in [0.5, 0.6) is 0 Å². The van der Waals surface area contributed by atoms with Gasteiger partial charge in [0.25, 0.3) is 0 Å². The highest BCUT2D eigenvalue weighted by atomic mass is 16.5. The summed E-state index contributed by atoms with van der Waals surface area (Å²) < 4.78 is 5.45. The summed E-state index contributed by atoms with van der Waals surface area (Å²) in [5.41, 5.74) is 4.78. The minimum atomic E-state index is 0.0935. The van der Waals surface area contributed by atoms with Crippen molar-refractivity contribution in [3.8, 4) is 11.4 Å². The number of amides is 1. The van der Waals surface area contributed by atoms with Crippen LogP contribution >= 0.6 is 0 Å². The molecule has 3 aromatic rings. The molecule has 2 heterocycles. The van der Waals surface area contributed by atoms with E-state index in [4.69, 9.17) is 4.52 Å². The molecule has 6 nitrogen and oxygen atoms in total. The lowest BCUT2D eigenvalue weighted by Gasteiger charge is -2.30. The molecular weight excluding hydrogens is 400 g/mol. The van der Waals surface area contributed by atoms with E-state index in [9.17, 15) is 4.79 Å². The number of aromatic nitrogens is 2. The normalized spacial score (nSPS) is 15.1. The Morgan fingerprint density at radius 2 is 1.88 bits per heavy atom. The lowest BCUT2D eigenvalue weighted by molar-refractivity contribution is -0.126. The number of nitrogens with zero attached hydrogens (tertiary/aromatic N) is 3. The van der Waals surface area contributed by atoms with E-state index in [1.54, 1.807) is 0 Å². The second kappa shape index (κ2) is 10.6. The van der Waals surface area contributed by atoms with Gasteiger partial charge < -0.3 is 9.84 Å². The predicted molar refractivity (Wildman–Crippen MR) is 125 cm³/mol. The van der Waals surface area contributed by atoms with Gasteiger partial charge in [-0.2, -0.15) is 4.98 Å². The third-order valence-electron chi connectivity index (χ3n) is 6.12. The molecule has 0 bridgehead atoms. The molecule has 1 amide bonds. The quantitative estimate of drug-likeness (QED) is 0.537. The summed E-state index contributed by atoms with van der Waals surface area (Å²) in [6, 6.07) is 16.7. The number of hydrogen-bond donors (Lipinski definition) is 1. The van der Waals surface area contributed by atoms with Crippen molar-refractivity contribution in [2.45, 2.75) is 46.1 Å². The van der Waals surface area contributed by atoms with Crippen LogP contribution in [0.3, 0.4) is 0 Å². The van der Waals surface area contributed by atoms with Crippen molar-refractivity contribution < 1.29 is 9.32 Å². The molecule has 1 aliphatic heterocycles. The van der Waals surface area contributed by atoms with Gasteiger partial charge in [-0.05, 0) is 58.2 Å². The Balaban J connectivity index is 1.17. The smallest absolute Gasteiger partial charge is 0.241 e. The van der Waals surface area contributed by atoms with Gasteiger partial charge in [-0.3, -0.25) is 9.69 Å². The van der Waals surface area contributed by atoms with Crippen LogP contribution in [0.1, 0.15) is 41.8 Å². The van der Waals surface area contributed by atoms with Crippen molar-refractivity contribution in [2.75, 3.05) is 19.6 Å². The second-order valence-corrected chi connectivity index (χ2v) is 8.81. The third kappa shape index (κ3) is 6.04. The Morgan fingerprint density at radius 3 is 2.62 bits per heavy atom. The van der Waals surface area contributed by atoms with E-state index in [2.05, 4.69) is 58.5 Å². The average molecular weight is 433 g/mol. The number of rotatable bonds is 8. The van der Waals surface area contributed by atoms with Gasteiger partial charge in [-0.15, -0.1) is 0 Å². The largest absolute Gasteiger partial charge is 0.356 e. The zero-order valence-electron chi connectivity index (χ0n) is 19.0. The summed E-state index contributed by atoms with van der Waals surface area (Å²) in [6.07, 6.45) is 3.69. The molecule has 0 unspecified atom stereocenters. The van der Waals surface area contributed by atoms with Crippen LogP contribution in [-0.2, 0) is 17.8 Å². The van der Waals surface area contributed by atoms with E-state index < -0.39 is 0 Å². The molecule has 6 heteroatoms. The molecule has 32 heavy (non-hydrogen) atoms. The average Bonchev–Trinajstić information content (AvgIpc) is 3.26. The van der Waals surface area contributed by atoms with Crippen LogP contribution in [-0.4, -0.2) is 40.6 Å². The predicted octanol–water partition coefficient (Wildman–Crippen LogP) is 4.31. The first-order chi connectivity index (χ1) is 15.6. The van der Waals surface area contributed by atoms with E-state index in [0.717, 1.165) is 50.9 Å². The fraction of sp³-hybridized carbons (Fsp3) is 0.423. The summed E-state index contributed by atoms with van der Waals surface area (Å²) in [6.45, 7) is 7.26. The zero-order chi connectivity index (χ0) is 22.3. The highest BCUT2D eigenvalue weighted by molar-refractivity contribution is 5.78. The first-order valence-electron chi connectivity index (χ1n) is 11.5. The van der Waals surface area contributed by atoms with Crippen molar-refractivity contribution in [3.63, 3.8) is 0 Å². The molecule has 1 N–H and O–H groups in total. The molecule has 1 aromatic heterocycles. The molecule has 0 spiro atoms. The van der Waals surface area contributed by atoms with Crippen molar-refractivity contribution in [2.24, 2.45) is 5.92 Å². The molecule has 1 aliphatic rings. The standard InChI is InChI=1S/C26H32N4O2/c1-19-8-10-22(11-9-19)25-28-24(32-29-25)18-30-15-12-23(13-16-30)26(31)27-14-4-7-21-6-3-5-20(2)17-21/h3,5-6,8-11,17,23H,4,7,12-16,18H2,1-2H3,(H,27,31). The Morgan fingerprint density at radius 1 is 1.09 bits per heavy atom. The highest BCUT2D eigenvalue weighted by Crippen LogP contribution is 2.21. The molecule has 0 saturated carbocycles. The SMILES string of the molecule is Cc1ccc(-c2noc(CN3CCC(C(=O)NCCCc4cccc(C)c4)CC3)n2)cc1. The molecule has 1 saturated heterocycles. The molecule has 4 rings (SSSR count). The van der Waals surface area contributed by atoms with Gasteiger partial charge >= 0.3 is 0 Å². The fourth-order valence-electron chi connectivity index (χ4n) is 4.20. The maximum Gasteiger partial charge on any atom is 0.241 e. The maximum atomic E-state index is 12.5. The topological polar surface area (TPSA) is 71.3 Å². The Labute approximate surface area is 190 Å². The molecule has 0 atom stereocenters. The lowest BCUT2D eigenvalue weighted by atomic mass is 9.96. The number of nitrogens with one attached hydrogen (secondary N) is 1. The van der Waals surface area contributed by atoms with Crippen LogP contribution in [0.2, 0.25) is 0 Å². The van der Waals surface area contributed by atoms with Crippen LogP contribution < -0.4 is 5.32 Å². The molecule has 168 valence electrons. The summed E-state index contributed by atoms with van der Waals surface area (Å²) in [7, 11) is 0. The minimum absolute atomic E-state index is 0.0935. The van der Waals surface area contributed by atoms with Gasteiger partial charge in [0, 0.05) is 18.0 Å². The Kier molecular flexibility index (Phi) is 7.32. The number of piperidine rings is 1. The van der Waals surface area contributed by atoms with Gasteiger partial charge in [-0.1, -0.05) is 64.8 Å². The molecule has 0 aliphatic carbocycles. The van der Waals surface area contributed by atoms with Crippen molar-refractivity contribution in [3.05, 3.63) is 71.1 Å². The van der Waals surface area contributed by atoms with E-state index in [0.29, 0.717) is 18.3 Å². The van der Waals surface area contributed by atoms with Crippen LogP contribution in [0.25, 0.3) is 11.4 Å². The Bertz CT molecular complexity index is 1020. The van der Waals surface area contributed by atoms with E-state index in [1.165, 1.54) is 16.7 Å². The van der Waals surface area contributed by atoms with Gasteiger partial charge in [0.05, 0.1) is 6.54 Å². The number of carbonyl (C=O) groups excluding carboxylic acids is 1. The molecule has 1 fully saturated rings. The zero-order valence-corrected chi connectivity index (χ0v) is 19.0. The van der Waals surface area contributed by atoms with Crippen molar-refractivity contribution in [1.29, 1.82) is 0 Å². The van der Waals surface area contributed by atoms with E-state index >= 15 is 0 Å². The van der Waals surface area contributed by atoms with Crippen LogP contribution in [0.15, 0.2) is 53.1 Å². The number of carbonyl (C=O) groups is 1. The van der Waals surface area contributed by atoms with Crippen LogP contribution in [0, 0.1) is 19.8 Å². The molecule has 0 radical (unpaired) electrons. The first-order valence-corrected chi connectivity index (χ1v) is 11.5. The molecular formula is C26H32N4O2. The second-order valence-electron chi connectivity index (χ2n) is 8.81. The van der Waals surface area contributed by atoms with E-state index in [1.807, 2.05) is 24.3 Å². The van der Waals surface area contributed by atoms with Crippen molar-refractivity contribution in [1.82, 2.24) is 20.4 Å². The lowest BCUT2D eigenvalue weighted by Crippen LogP contribution is -2.40. The Hall–Kier alpha value is -2.99. The van der Waals surface area contributed by atoms with Gasteiger partial charge in [0.15, 0.2) is 0 Å². The fourth-order valence-corrected chi connectivity index (χ4v) is 4.20. The van der Waals surface area contributed by atoms with E-state index in [-0.39, 0.29) is 11.8 Å². The number of aryl methyl sites for hydroxylation is 3. The monoisotopic (exact) mass is 432 g/mol. The molecule has 2 aromatic carbocycles. The number of hydrogen-bond acceptors (Lipinski definition) is 5. The summed E-state index contributed by atoms with van der Waals surface area (Å²) >= 11 is 0. The summed E-state index contributed by atoms with van der Waals surface area (Å²) in [4.78, 5) is 19.4. The van der Waals surface area contributed by atoms with Crippen molar-refractivity contribution >= 4 is 5.91 Å². The maximum absolute atomic E-state index is 12.5. The van der Waals surface area contributed by atoms with Gasteiger partial charge in [0.1, 0.15) is 0 Å². The number of benzene rings is 2. The first kappa shape index (κ1) is 22.2. The highest BCUT2D eigenvalue weighted by Gasteiger charge is 2.25. The summed E-state index contributed by atoms with van der Waals surface area (Å²) in [5.74, 6) is 1.53. The van der Waals surface area contributed by atoms with Gasteiger partial charge in [0.2, 0.25) is 17.6 Å². The third-order valence-corrected chi connectivity index (χ3v) is 6.12. The van der Waals surface area contributed by atoms with Gasteiger partial charge in [-0.25, -0.2) is 0 Å². The minimum Gasteiger partial charge on any atom is -0.356 e. The van der Waals surface area contributed by atoms with Crippen LogP contribution in [0.4, 0.5) is 0 Å².